The van der Waals surface area contributed by atoms with E-state index in [0.29, 0.717) is 36.7 Å². The van der Waals surface area contributed by atoms with E-state index in [0.717, 1.165) is 5.56 Å². The Kier molecular flexibility index (Phi) is 9.26. The molecule has 3 aromatic rings. The quantitative estimate of drug-likeness (QED) is 0.211. The van der Waals surface area contributed by atoms with Crippen LogP contribution in [0, 0.1) is 0 Å². The van der Waals surface area contributed by atoms with Crippen LogP contribution in [0.25, 0.3) is 11.1 Å². The Morgan fingerprint density at radius 2 is 1.24 bits per heavy atom. The van der Waals surface area contributed by atoms with Crippen molar-refractivity contribution in [3.8, 4) is 22.6 Å². The molecule has 0 aliphatic heterocycles. The molecule has 0 aliphatic carbocycles. The van der Waals surface area contributed by atoms with Crippen LogP contribution in [0.3, 0.4) is 0 Å². The van der Waals surface area contributed by atoms with Crippen molar-refractivity contribution in [2.75, 3.05) is 20.3 Å². The van der Waals surface area contributed by atoms with Gasteiger partial charge in [-0.05, 0) is 59.2 Å². The molecule has 0 unspecified atom stereocenters. The third-order valence-corrected chi connectivity index (χ3v) is 5.51. The molecular weight excluding hydrogens is 518 g/mol. The highest BCUT2D eigenvalue weighted by atomic mass is 19.4. The second-order valence-electron chi connectivity index (χ2n) is 8.28. The maximum Gasteiger partial charge on any atom is 0.416 e. The minimum Gasteiger partial charge on any atom is -0.493 e. The molecule has 3 aromatic carbocycles. The Balaban J connectivity index is 1.51. The van der Waals surface area contributed by atoms with Gasteiger partial charge in [0, 0.05) is 20.0 Å². The van der Waals surface area contributed by atoms with Gasteiger partial charge in [0.1, 0.15) is 11.5 Å². The number of methoxy groups -OCH3 is 1. The number of halogens is 6. The van der Waals surface area contributed by atoms with E-state index in [1.165, 1.54) is 31.4 Å². The summed E-state index contributed by atoms with van der Waals surface area (Å²) >= 11 is 0. The lowest BCUT2D eigenvalue weighted by Crippen LogP contribution is -2.24. The Morgan fingerprint density at radius 3 is 1.66 bits per heavy atom. The van der Waals surface area contributed by atoms with Gasteiger partial charge in [-0.25, -0.2) is 4.79 Å². The van der Waals surface area contributed by atoms with E-state index in [1.807, 2.05) is 0 Å². The van der Waals surface area contributed by atoms with E-state index in [4.69, 9.17) is 19.3 Å². The van der Waals surface area contributed by atoms with Crippen molar-refractivity contribution in [1.29, 1.82) is 0 Å². The van der Waals surface area contributed by atoms with Crippen LogP contribution >= 0.6 is 0 Å². The zero-order chi connectivity index (χ0) is 27.9. The van der Waals surface area contributed by atoms with Crippen LogP contribution in [0.1, 0.15) is 23.1 Å². The molecule has 1 atom stereocenters. The van der Waals surface area contributed by atoms with Crippen molar-refractivity contribution in [1.82, 2.24) is 0 Å². The van der Waals surface area contributed by atoms with Crippen LogP contribution in [-0.4, -0.2) is 37.5 Å². The summed E-state index contributed by atoms with van der Waals surface area (Å²) in [6.45, 7) is 0.574. The maximum atomic E-state index is 13.1. The number of ether oxygens (including phenoxy) is 3. The molecule has 11 heteroatoms. The fourth-order valence-electron chi connectivity index (χ4n) is 3.51. The van der Waals surface area contributed by atoms with Gasteiger partial charge in [0.25, 0.3) is 0 Å². The number of aliphatic carboxylic acids is 1. The van der Waals surface area contributed by atoms with Crippen molar-refractivity contribution in [3.63, 3.8) is 0 Å². The normalized spacial score (nSPS) is 12.7. The summed E-state index contributed by atoms with van der Waals surface area (Å²) in [5.74, 6) is -0.0670. The van der Waals surface area contributed by atoms with Crippen molar-refractivity contribution in [3.05, 3.63) is 83.4 Å². The molecule has 0 amide bonds. The standard InChI is InChI=1S/C27H24F6O5/c1-36-24(25(34)35)13-17-3-7-22(8-4-17)37-11-2-12-38-23-9-5-18(6-10-23)19-14-20(26(28,29)30)16-21(15-19)27(31,32)33/h3-10,14-16,24H,2,11-13H2,1H3,(H,34,35)/t24-/m0/s1. The maximum absolute atomic E-state index is 13.1. The van der Waals surface area contributed by atoms with E-state index in [1.54, 1.807) is 24.3 Å². The van der Waals surface area contributed by atoms with Crippen LogP contribution in [0.2, 0.25) is 0 Å². The Hall–Kier alpha value is -3.73. The van der Waals surface area contributed by atoms with Gasteiger partial charge >= 0.3 is 18.3 Å². The van der Waals surface area contributed by atoms with Crippen LogP contribution in [0.4, 0.5) is 26.3 Å². The van der Waals surface area contributed by atoms with E-state index < -0.39 is 35.6 Å². The van der Waals surface area contributed by atoms with Crippen molar-refractivity contribution >= 4 is 5.97 Å². The molecule has 0 heterocycles. The van der Waals surface area contributed by atoms with Crippen molar-refractivity contribution < 1.29 is 50.5 Å². The van der Waals surface area contributed by atoms with Crippen LogP contribution < -0.4 is 9.47 Å². The highest BCUT2D eigenvalue weighted by Gasteiger charge is 2.37. The number of carboxylic acid groups (broad SMARTS) is 1. The fourth-order valence-corrected chi connectivity index (χ4v) is 3.51. The van der Waals surface area contributed by atoms with Gasteiger partial charge in [0.2, 0.25) is 0 Å². The summed E-state index contributed by atoms with van der Waals surface area (Å²) in [7, 11) is 1.33. The smallest absolute Gasteiger partial charge is 0.416 e. The van der Waals surface area contributed by atoms with Crippen molar-refractivity contribution in [2.24, 2.45) is 0 Å². The lowest BCUT2D eigenvalue weighted by molar-refractivity contribution is -0.148. The third kappa shape index (κ3) is 8.14. The molecule has 0 radical (unpaired) electrons. The first-order valence-corrected chi connectivity index (χ1v) is 11.4. The fraction of sp³-hybridized carbons (Fsp3) is 0.296. The number of carboxylic acids is 1. The van der Waals surface area contributed by atoms with Gasteiger partial charge in [0.05, 0.1) is 24.3 Å². The summed E-state index contributed by atoms with van der Waals surface area (Å²) in [5.41, 5.74) is -2.01. The second kappa shape index (κ2) is 12.2. The summed E-state index contributed by atoms with van der Waals surface area (Å²) in [4.78, 5) is 11.0. The molecule has 0 saturated carbocycles. The lowest BCUT2D eigenvalue weighted by atomic mass is 9.99. The summed E-state index contributed by atoms with van der Waals surface area (Å²) in [5, 5.41) is 9.04. The number of alkyl halides is 6. The zero-order valence-corrected chi connectivity index (χ0v) is 20.1. The summed E-state index contributed by atoms with van der Waals surface area (Å²) < 4.78 is 94.8. The molecular formula is C27H24F6O5. The first-order chi connectivity index (χ1) is 17.9. The molecule has 38 heavy (non-hydrogen) atoms. The first-order valence-electron chi connectivity index (χ1n) is 11.4. The molecule has 0 aliphatic rings. The van der Waals surface area contributed by atoms with Gasteiger partial charge in [-0.3, -0.25) is 0 Å². The highest BCUT2D eigenvalue weighted by Crippen LogP contribution is 2.38. The minimum absolute atomic E-state index is 0.0908. The minimum atomic E-state index is -4.92. The van der Waals surface area contributed by atoms with E-state index >= 15 is 0 Å². The lowest BCUT2D eigenvalue weighted by Gasteiger charge is -2.14. The predicted octanol–water partition coefficient (Wildman–Crippen LogP) is 6.88. The largest absolute Gasteiger partial charge is 0.493 e. The average molecular weight is 542 g/mol. The summed E-state index contributed by atoms with van der Waals surface area (Å²) in [6, 6.07) is 14.1. The highest BCUT2D eigenvalue weighted by molar-refractivity contribution is 5.72. The Morgan fingerprint density at radius 1 is 0.763 bits per heavy atom. The van der Waals surface area contributed by atoms with E-state index in [2.05, 4.69) is 0 Å². The number of rotatable bonds is 11. The van der Waals surface area contributed by atoms with Crippen LogP contribution in [-0.2, 0) is 28.3 Å². The number of hydrogen-bond acceptors (Lipinski definition) is 4. The molecule has 0 bridgehead atoms. The van der Waals surface area contributed by atoms with E-state index in [-0.39, 0.29) is 30.2 Å². The van der Waals surface area contributed by atoms with Gasteiger partial charge < -0.3 is 19.3 Å². The van der Waals surface area contributed by atoms with E-state index in [9.17, 15) is 31.1 Å². The first kappa shape index (κ1) is 28.8. The average Bonchev–Trinajstić information content (AvgIpc) is 2.86. The predicted molar refractivity (Wildman–Crippen MR) is 126 cm³/mol. The third-order valence-electron chi connectivity index (χ3n) is 5.51. The molecule has 1 N–H and O–H groups in total. The van der Waals surface area contributed by atoms with Crippen LogP contribution in [0.15, 0.2) is 66.7 Å². The Labute approximate surface area is 214 Å². The zero-order valence-electron chi connectivity index (χ0n) is 20.1. The summed E-state index contributed by atoms with van der Waals surface area (Å²) in [6.07, 6.45) is -10.1. The van der Waals surface area contributed by atoms with Crippen molar-refractivity contribution in [2.45, 2.75) is 31.3 Å². The van der Waals surface area contributed by atoms with Gasteiger partial charge in [0.15, 0.2) is 6.10 Å². The SMILES string of the molecule is CO[C@@H](Cc1ccc(OCCCOc2ccc(-c3cc(C(F)(F)F)cc(C(F)(F)F)c3)cc2)cc1)C(=O)O. The van der Waals surface area contributed by atoms with Gasteiger partial charge in [-0.2, -0.15) is 26.3 Å². The molecule has 3 rings (SSSR count). The molecule has 0 spiro atoms. The molecule has 0 aromatic heterocycles. The monoisotopic (exact) mass is 542 g/mol. The second-order valence-corrected chi connectivity index (χ2v) is 8.28. The molecule has 204 valence electrons. The number of benzene rings is 3. The molecule has 0 saturated heterocycles. The van der Waals surface area contributed by atoms with Gasteiger partial charge in [-0.1, -0.05) is 24.3 Å². The molecule has 5 nitrogen and oxygen atoms in total. The number of hydrogen-bond donors (Lipinski definition) is 1. The number of carbonyl (C=O) groups is 1. The topological polar surface area (TPSA) is 65.0 Å². The van der Waals surface area contributed by atoms with Crippen LogP contribution in [0.5, 0.6) is 11.5 Å². The van der Waals surface area contributed by atoms with Gasteiger partial charge in [-0.15, -0.1) is 0 Å². The molecule has 0 fully saturated rings. The Bertz CT molecular complexity index is 1170.